The van der Waals surface area contributed by atoms with Gasteiger partial charge in [-0.2, -0.15) is 0 Å². The molecule has 5 aliphatic rings. The molecule has 11 rings (SSSR count). The highest BCUT2D eigenvalue weighted by Crippen LogP contribution is 2.44. The van der Waals surface area contributed by atoms with Crippen LogP contribution in [0.3, 0.4) is 0 Å². The van der Waals surface area contributed by atoms with E-state index in [0.29, 0.717) is 21.6 Å². The zero-order valence-corrected chi connectivity index (χ0v) is 62.1. The minimum absolute atomic E-state index is 0.00402. The summed E-state index contributed by atoms with van der Waals surface area (Å²) in [4.78, 5) is 111. The number of halogens is 1. The molecule has 0 aromatic heterocycles. The Morgan fingerprint density at radius 2 is 1.02 bits per heavy atom. The van der Waals surface area contributed by atoms with E-state index in [1.807, 2.05) is 91.0 Å². The summed E-state index contributed by atoms with van der Waals surface area (Å²) in [5, 5.41) is 29.0. The number of aliphatic hydroxyl groups excluding tert-OH is 2. The van der Waals surface area contributed by atoms with E-state index in [1.54, 1.807) is 67.6 Å². The Hall–Kier alpha value is -9.35. The summed E-state index contributed by atoms with van der Waals surface area (Å²) >= 11 is 0. The number of fused-ring (bicyclic) bond motifs is 1. The van der Waals surface area contributed by atoms with Crippen molar-refractivity contribution in [3.05, 3.63) is 215 Å². The minimum Gasteiger partial charge on any atom is -0.465 e. The fraction of sp³-hybridized carbons (Fsp3) is 0.457. The Morgan fingerprint density at radius 3 is 1.50 bits per heavy atom. The number of amides is 3. The van der Waals surface area contributed by atoms with Crippen molar-refractivity contribution in [2.75, 3.05) is 26.9 Å². The molecule has 5 heterocycles. The molecule has 0 aliphatic carbocycles. The SMILES string of the molecule is COC(=O)[C@@]1(O[C@H]2[C@@H](O)[C@@H](COCc3ccccc3)O[C@@H](O[C@H]3[C@H](O[C@@H]4O[C@@H](C)[C@@H](OCc5ccccc5)[C@@H](OCc5ccccc5)[C@@H]4OCc4ccccc4)[C@@H](COCc4ccccc4)O[C@@H](F)[C@@H]3N3C(=O)c4ccccc4C3=O)[C@@H]2O)C[C@H](OC(C)=O)[C@@H](NC(C)=O)[C@H]([C@H](OC(C)=O)[C@@H](COC(C)=O)OC(C)=O)O1. The standard InChI is InChI=1S/C81H91FN2O27/c1-46-67(99-40-54-29-17-10-18-30-54)73(100-41-55-31-19-11-20-32-55)74(101-42-56-33-21-12-22-34-56)79(102-46)108-69-61(44-97-39-53-27-15-9-16-28-53)106-75(82)64(84-76(92)57-35-23-24-36-58(57)77(84)93)71(69)109-78-66(91)72(65(90)60(107-78)43-96-38-52-25-13-8-14-26-52)111-81(80(94)95-7)37-59(103-49(4)87)63(83-47(2)85)70(110-81)68(105-51(6)89)62(104-50(5)88)45-98-48(3)86/h8-36,46,59-75,78-79,90-91H,37-45H2,1-7H3,(H,83,85)/t46-,59-,60+,61+,62+,63+,64+,65-,66+,67+,68+,69+,70+,71+,72-,73+,74-,75+,78-,79-,81-/m0/s1. The van der Waals surface area contributed by atoms with Gasteiger partial charge in [0.25, 0.3) is 17.6 Å². The highest BCUT2D eigenvalue weighted by molar-refractivity contribution is 6.21. The van der Waals surface area contributed by atoms with Crippen molar-refractivity contribution in [1.82, 2.24) is 10.2 Å². The van der Waals surface area contributed by atoms with Gasteiger partial charge in [0.05, 0.1) is 83.1 Å². The molecule has 3 amide bonds. The van der Waals surface area contributed by atoms with Crippen molar-refractivity contribution >= 4 is 47.6 Å². The van der Waals surface area contributed by atoms with Gasteiger partial charge >= 0.3 is 29.8 Å². The third kappa shape index (κ3) is 20.9. The van der Waals surface area contributed by atoms with Crippen LogP contribution in [-0.2, 0) is 142 Å². The molecule has 4 saturated heterocycles. The number of methoxy groups -OCH3 is 1. The first-order chi connectivity index (χ1) is 53.5. The summed E-state index contributed by atoms with van der Waals surface area (Å²) in [6.45, 7) is 4.47. The highest BCUT2D eigenvalue weighted by Gasteiger charge is 2.64. The van der Waals surface area contributed by atoms with E-state index in [0.717, 1.165) is 52.9 Å². The number of alkyl halides is 1. The first kappa shape index (κ1) is 82.6. The normalized spacial score (nSPS) is 29.0. The molecule has 0 unspecified atom stereocenters. The average molecular weight is 1540 g/mol. The van der Waals surface area contributed by atoms with Crippen LogP contribution >= 0.6 is 0 Å². The number of hydrogen-bond acceptors (Lipinski definition) is 27. The molecule has 4 fully saturated rings. The number of carbonyl (C=O) groups is 8. The first-order valence-corrected chi connectivity index (χ1v) is 36.3. The minimum atomic E-state index is -3.14. The van der Waals surface area contributed by atoms with Crippen LogP contribution < -0.4 is 5.32 Å². The zero-order valence-electron chi connectivity index (χ0n) is 62.1. The van der Waals surface area contributed by atoms with E-state index >= 15 is 18.8 Å². The number of rotatable bonds is 33. The lowest BCUT2D eigenvalue weighted by Gasteiger charge is -2.52. The Morgan fingerprint density at radius 1 is 0.541 bits per heavy atom. The number of nitrogens with zero attached hydrogens (tertiary/aromatic N) is 1. The molecule has 5 aliphatic heterocycles. The van der Waals surface area contributed by atoms with Crippen LogP contribution in [0.2, 0.25) is 0 Å². The largest absolute Gasteiger partial charge is 0.465 e. The van der Waals surface area contributed by atoms with Crippen LogP contribution in [0.1, 0.15) is 96.5 Å². The van der Waals surface area contributed by atoms with E-state index < -0.39 is 202 Å². The van der Waals surface area contributed by atoms with Crippen molar-refractivity contribution < 1.29 is 133 Å². The van der Waals surface area contributed by atoms with Gasteiger partial charge in [-0.1, -0.05) is 164 Å². The maximum absolute atomic E-state index is 18.6. The smallest absolute Gasteiger partial charge is 0.366 e. The third-order valence-electron chi connectivity index (χ3n) is 19.1. The van der Waals surface area contributed by atoms with Crippen LogP contribution in [-0.4, -0.2) is 218 Å². The molecule has 29 nitrogen and oxygen atoms in total. The van der Waals surface area contributed by atoms with Gasteiger partial charge in [-0.3, -0.25) is 38.5 Å². The van der Waals surface area contributed by atoms with Crippen LogP contribution in [0.25, 0.3) is 0 Å². The van der Waals surface area contributed by atoms with Crippen molar-refractivity contribution in [2.24, 2.45) is 0 Å². The van der Waals surface area contributed by atoms with E-state index in [9.17, 15) is 34.2 Å². The van der Waals surface area contributed by atoms with Gasteiger partial charge in [-0.25, -0.2) is 9.18 Å². The van der Waals surface area contributed by atoms with Gasteiger partial charge in [0, 0.05) is 34.6 Å². The molecular weight excluding hydrogens is 1450 g/mol. The Balaban J connectivity index is 1.06. The number of imide groups is 1. The van der Waals surface area contributed by atoms with Crippen LogP contribution in [0.5, 0.6) is 0 Å². The van der Waals surface area contributed by atoms with Crippen LogP contribution in [0.4, 0.5) is 4.39 Å². The fourth-order valence-electron chi connectivity index (χ4n) is 14.1. The molecule has 0 radical (unpaired) electrons. The lowest BCUT2D eigenvalue weighted by molar-refractivity contribution is -0.391. The van der Waals surface area contributed by atoms with Gasteiger partial charge in [0.1, 0.15) is 85.9 Å². The number of ether oxygens (including phenoxy) is 17. The molecule has 594 valence electrons. The molecule has 0 spiro atoms. The summed E-state index contributed by atoms with van der Waals surface area (Å²) in [5.74, 6) is -11.5. The number of benzene rings is 6. The van der Waals surface area contributed by atoms with Crippen molar-refractivity contribution in [2.45, 2.75) is 209 Å². The Bertz CT molecular complexity index is 4050. The van der Waals surface area contributed by atoms with Gasteiger partial charge in [-0.05, 0) is 46.9 Å². The summed E-state index contributed by atoms with van der Waals surface area (Å²) < 4.78 is 128. The molecule has 30 heteroatoms. The first-order valence-electron chi connectivity index (χ1n) is 36.3. The zero-order chi connectivity index (χ0) is 78.9. The highest BCUT2D eigenvalue weighted by atomic mass is 19.1. The van der Waals surface area contributed by atoms with E-state index in [4.69, 9.17) is 80.5 Å². The number of esters is 5. The molecular formula is C81H91FN2O27. The number of hydrogen-bond donors (Lipinski definition) is 3. The molecule has 3 N–H and O–H groups in total. The number of aliphatic hydroxyl groups is 2. The van der Waals surface area contributed by atoms with Gasteiger partial charge in [-0.15, -0.1) is 0 Å². The average Bonchev–Trinajstić information content (AvgIpc) is 1.73. The topological polar surface area (TPSA) is 349 Å². The second kappa shape index (κ2) is 38.7. The molecule has 21 atom stereocenters. The monoisotopic (exact) mass is 1540 g/mol. The van der Waals surface area contributed by atoms with E-state index in [-0.39, 0.29) is 44.2 Å². The predicted octanol–water partition coefficient (Wildman–Crippen LogP) is 6.40. The lowest BCUT2D eigenvalue weighted by atomic mass is 9.87. The van der Waals surface area contributed by atoms with E-state index in [1.165, 1.54) is 24.3 Å². The van der Waals surface area contributed by atoms with Crippen molar-refractivity contribution in [3.8, 4) is 0 Å². The molecule has 111 heavy (non-hydrogen) atoms. The number of carbonyl (C=O) groups excluding carboxylic acids is 8. The Kier molecular flexibility index (Phi) is 28.8. The predicted molar refractivity (Wildman–Crippen MR) is 383 cm³/mol. The Labute approximate surface area is 639 Å². The third-order valence-corrected chi connectivity index (χ3v) is 19.1. The second-order valence-electron chi connectivity index (χ2n) is 27.3. The maximum Gasteiger partial charge on any atom is 0.366 e. The van der Waals surface area contributed by atoms with E-state index in [2.05, 4.69) is 5.32 Å². The van der Waals surface area contributed by atoms with Crippen molar-refractivity contribution in [1.29, 1.82) is 0 Å². The van der Waals surface area contributed by atoms with Crippen LogP contribution in [0, 0.1) is 0 Å². The summed E-state index contributed by atoms with van der Waals surface area (Å²) in [5.41, 5.74) is 3.34. The maximum atomic E-state index is 18.6. The summed E-state index contributed by atoms with van der Waals surface area (Å²) in [6.07, 6.45) is -34.2. The van der Waals surface area contributed by atoms with Crippen LogP contribution in [0.15, 0.2) is 176 Å². The summed E-state index contributed by atoms with van der Waals surface area (Å²) in [7, 11) is 0.892. The quantitative estimate of drug-likeness (QED) is 0.0228. The lowest BCUT2D eigenvalue weighted by Crippen LogP contribution is -2.72. The second-order valence-corrected chi connectivity index (χ2v) is 27.3. The molecule has 0 saturated carbocycles. The van der Waals surface area contributed by atoms with Gasteiger partial charge < -0.3 is 96.1 Å². The fourth-order valence-corrected chi connectivity index (χ4v) is 14.1. The molecule has 6 aromatic carbocycles. The summed E-state index contributed by atoms with van der Waals surface area (Å²) in [6, 6.07) is 47.4. The van der Waals surface area contributed by atoms with Gasteiger partial charge in [0.15, 0.2) is 24.8 Å². The molecule has 0 bridgehead atoms. The van der Waals surface area contributed by atoms with Gasteiger partial charge in [0.2, 0.25) is 12.3 Å². The molecule has 6 aromatic rings. The number of nitrogens with one attached hydrogen (secondary N) is 1. The van der Waals surface area contributed by atoms with Crippen molar-refractivity contribution in [3.63, 3.8) is 0 Å².